The first kappa shape index (κ1) is 13.2. The van der Waals surface area contributed by atoms with Gasteiger partial charge in [-0.15, -0.1) is 0 Å². The molecule has 94 valence electrons. The third-order valence-electron chi connectivity index (χ3n) is 2.89. The Morgan fingerprint density at radius 2 is 1.82 bits per heavy atom. The van der Waals surface area contributed by atoms with Gasteiger partial charge in [-0.3, -0.25) is 4.90 Å². The molecular formula is C13H17Cl2NO. The molecule has 0 radical (unpaired) electrons. The van der Waals surface area contributed by atoms with Crippen LogP contribution < -0.4 is 0 Å². The minimum Gasteiger partial charge on any atom is -0.373 e. The van der Waals surface area contributed by atoms with Crippen molar-refractivity contribution in [3.63, 3.8) is 0 Å². The molecule has 0 amide bonds. The van der Waals surface area contributed by atoms with E-state index < -0.39 is 0 Å². The lowest BCUT2D eigenvalue weighted by Gasteiger charge is -2.35. The van der Waals surface area contributed by atoms with E-state index in [1.165, 1.54) is 5.56 Å². The van der Waals surface area contributed by atoms with E-state index in [2.05, 4.69) is 18.7 Å². The fraction of sp³-hybridized carbons (Fsp3) is 0.538. The van der Waals surface area contributed by atoms with Gasteiger partial charge in [-0.1, -0.05) is 29.3 Å². The normalized spacial score (nSPS) is 26.1. The fourth-order valence-electron chi connectivity index (χ4n) is 2.31. The van der Waals surface area contributed by atoms with Crippen molar-refractivity contribution < 1.29 is 4.74 Å². The molecule has 0 unspecified atom stereocenters. The smallest absolute Gasteiger partial charge is 0.0678 e. The number of hydrogen-bond donors (Lipinski definition) is 0. The average molecular weight is 274 g/mol. The van der Waals surface area contributed by atoms with Gasteiger partial charge < -0.3 is 4.74 Å². The summed E-state index contributed by atoms with van der Waals surface area (Å²) in [7, 11) is 0. The summed E-state index contributed by atoms with van der Waals surface area (Å²) in [5.41, 5.74) is 1.20. The molecule has 1 fully saturated rings. The molecule has 0 saturated carbocycles. The van der Waals surface area contributed by atoms with E-state index in [1.54, 1.807) is 0 Å². The summed E-state index contributed by atoms with van der Waals surface area (Å²) in [5, 5.41) is 1.23. The van der Waals surface area contributed by atoms with Crippen molar-refractivity contribution in [2.24, 2.45) is 0 Å². The highest BCUT2D eigenvalue weighted by atomic mass is 35.5. The molecule has 2 atom stereocenters. The Morgan fingerprint density at radius 1 is 1.18 bits per heavy atom. The first-order chi connectivity index (χ1) is 8.04. The second-order valence-corrected chi connectivity index (χ2v) is 5.51. The molecule has 0 aromatic heterocycles. The van der Waals surface area contributed by atoms with E-state index in [-0.39, 0.29) is 0 Å². The average Bonchev–Trinajstić information content (AvgIpc) is 2.22. The number of halogens is 2. The Hall–Kier alpha value is -0.280. The molecule has 2 rings (SSSR count). The first-order valence-corrected chi connectivity index (χ1v) is 6.62. The van der Waals surface area contributed by atoms with E-state index >= 15 is 0 Å². The molecule has 0 spiro atoms. The lowest BCUT2D eigenvalue weighted by atomic mass is 10.1. The van der Waals surface area contributed by atoms with Gasteiger partial charge in [-0.05, 0) is 31.5 Å². The highest BCUT2D eigenvalue weighted by molar-refractivity contribution is 6.42. The molecule has 1 saturated heterocycles. The van der Waals surface area contributed by atoms with Crippen LogP contribution in [-0.4, -0.2) is 30.2 Å². The lowest BCUT2D eigenvalue weighted by molar-refractivity contribution is -0.0704. The van der Waals surface area contributed by atoms with Crippen molar-refractivity contribution in [2.75, 3.05) is 13.1 Å². The second-order valence-electron chi connectivity index (χ2n) is 4.70. The maximum absolute atomic E-state index is 6.01. The summed E-state index contributed by atoms with van der Waals surface area (Å²) in [6.07, 6.45) is 0.586. The van der Waals surface area contributed by atoms with E-state index in [4.69, 9.17) is 27.9 Å². The van der Waals surface area contributed by atoms with Crippen LogP contribution in [0, 0.1) is 0 Å². The summed E-state index contributed by atoms with van der Waals surface area (Å²) in [4.78, 5) is 2.39. The lowest BCUT2D eigenvalue weighted by Crippen LogP contribution is -2.44. The van der Waals surface area contributed by atoms with Gasteiger partial charge in [0.2, 0.25) is 0 Å². The molecule has 1 aliphatic rings. The largest absolute Gasteiger partial charge is 0.373 e. The van der Waals surface area contributed by atoms with Gasteiger partial charge in [0.15, 0.2) is 0 Å². The van der Waals surface area contributed by atoms with Gasteiger partial charge in [0, 0.05) is 19.6 Å². The van der Waals surface area contributed by atoms with Crippen LogP contribution in [0.3, 0.4) is 0 Å². The third kappa shape index (κ3) is 3.59. The Bertz CT molecular complexity index is 387. The molecule has 0 bridgehead atoms. The van der Waals surface area contributed by atoms with Crippen molar-refractivity contribution in [2.45, 2.75) is 32.6 Å². The van der Waals surface area contributed by atoms with Crippen LogP contribution in [0.25, 0.3) is 0 Å². The molecule has 0 N–H and O–H groups in total. The zero-order valence-corrected chi connectivity index (χ0v) is 11.6. The number of hydrogen-bond acceptors (Lipinski definition) is 2. The Kier molecular flexibility index (Phi) is 4.31. The second kappa shape index (κ2) is 5.57. The van der Waals surface area contributed by atoms with Crippen LogP contribution >= 0.6 is 23.2 Å². The van der Waals surface area contributed by atoms with Gasteiger partial charge in [0.1, 0.15) is 0 Å². The van der Waals surface area contributed by atoms with Gasteiger partial charge in [-0.25, -0.2) is 0 Å². The van der Waals surface area contributed by atoms with Crippen molar-refractivity contribution in [1.29, 1.82) is 0 Å². The van der Waals surface area contributed by atoms with E-state index in [1.807, 2.05) is 18.2 Å². The summed E-state index contributed by atoms with van der Waals surface area (Å²) in [6, 6.07) is 5.82. The molecule has 1 aromatic carbocycles. The van der Waals surface area contributed by atoms with Crippen molar-refractivity contribution in [3.05, 3.63) is 33.8 Å². The van der Waals surface area contributed by atoms with Crippen LogP contribution in [0.5, 0.6) is 0 Å². The van der Waals surface area contributed by atoms with Crippen molar-refractivity contribution in [1.82, 2.24) is 4.90 Å². The van der Waals surface area contributed by atoms with Gasteiger partial charge >= 0.3 is 0 Å². The zero-order valence-electron chi connectivity index (χ0n) is 10.1. The van der Waals surface area contributed by atoms with E-state index in [9.17, 15) is 0 Å². The van der Waals surface area contributed by atoms with Gasteiger partial charge in [-0.2, -0.15) is 0 Å². The standard InChI is InChI=1S/C13H17Cl2NO/c1-9-6-16(7-10(2)17-9)8-11-3-4-12(14)13(15)5-11/h3-5,9-10H,6-8H2,1-2H3/t9-,10-/m0/s1. The minimum absolute atomic E-state index is 0.293. The molecule has 0 aliphatic carbocycles. The Labute approximate surface area is 112 Å². The first-order valence-electron chi connectivity index (χ1n) is 5.86. The molecular weight excluding hydrogens is 257 g/mol. The number of ether oxygens (including phenoxy) is 1. The van der Waals surface area contributed by atoms with Crippen LogP contribution in [0.1, 0.15) is 19.4 Å². The summed E-state index contributed by atoms with van der Waals surface area (Å²) < 4.78 is 5.71. The minimum atomic E-state index is 0.293. The predicted octanol–water partition coefficient (Wildman–Crippen LogP) is 3.60. The quantitative estimate of drug-likeness (QED) is 0.817. The topological polar surface area (TPSA) is 12.5 Å². The molecule has 17 heavy (non-hydrogen) atoms. The molecule has 2 nitrogen and oxygen atoms in total. The zero-order chi connectivity index (χ0) is 12.4. The van der Waals surface area contributed by atoms with E-state index in [0.29, 0.717) is 22.3 Å². The molecule has 1 aliphatic heterocycles. The monoisotopic (exact) mass is 273 g/mol. The third-order valence-corrected chi connectivity index (χ3v) is 3.62. The maximum atomic E-state index is 6.01. The molecule has 1 aromatic rings. The summed E-state index contributed by atoms with van der Waals surface area (Å²) in [5.74, 6) is 0. The van der Waals surface area contributed by atoms with Gasteiger partial charge in [0.05, 0.1) is 22.3 Å². The Morgan fingerprint density at radius 3 is 2.41 bits per heavy atom. The number of benzene rings is 1. The SMILES string of the molecule is C[C@H]1CN(Cc2ccc(Cl)c(Cl)c2)C[C@H](C)O1. The van der Waals surface area contributed by atoms with Crippen molar-refractivity contribution >= 4 is 23.2 Å². The number of morpholine rings is 1. The van der Waals surface area contributed by atoms with Crippen LogP contribution in [0.4, 0.5) is 0 Å². The number of nitrogens with zero attached hydrogens (tertiary/aromatic N) is 1. The van der Waals surface area contributed by atoms with Crippen LogP contribution in [-0.2, 0) is 11.3 Å². The van der Waals surface area contributed by atoms with Gasteiger partial charge in [0.25, 0.3) is 0 Å². The molecule has 1 heterocycles. The number of rotatable bonds is 2. The molecule has 4 heteroatoms. The van der Waals surface area contributed by atoms with Crippen LogP contribution in [0.2, 0.25) is 10.0 Å². The predicted molar refractivity (Wildman–Crippen MR) is 71.7 cm³/mol. The summed E-state index contributed by atoms with van der Waals surface area (Å²) in [6.45, 7) is 7.04. The maximum Gasteiger partial charge on any atom is 0.0678 e. The summed E-state index contributed by atoms with van der Waals surface area (Å²) >= 11 is 11.9. The van der Waals surface area contributed by atoms with Crippen LogP contribution in [0.15, 0.2) is 18.2 Å². The van der Waals surface area contributed by atoms with Crippen molar-refractivity contribution in [3.8, 4) is 0 Å². The highest BCUT2D eigenvalue weighted by Gasteiger charge is 2.22. The Balaban J connectivity index is 2.02. The van der Waals surface area contributed by atoms with E-state index in [0.717, 1.165) is 19.6 Å². The fourth-order valence-corrected chi connectivity index (χ4v) is 2.63. The highest BCUT2D eigenvalue weighted by Crippen LogP contribution is 2.24.